The lowest BCUT2D eigenvalue weighted by atomic mass is 10.2. The molecular formula is C16H18Cl2F3N5O. The summed E-state index contributed by atoms with van der Waals surface area (Å²) in [5.74, 6) is -0.387. The van der Waals surface area contributed by atoms with E-state index in [4.69, 9.17) is 23.2 Å². The zero-order valence-electron chi connectivity index (χ0n) is 14.5. The summed E-state index contributed by atoms with van der Waals surface area (Å²) in [6, 6.07) is 0. The minimum Gasteiger partial charge on any atom is -0.354 e. The van der Waals surface area contributed by atoms with Crippen molar-refractivity contribution in [2.45, 2.75) is 51.9 Å². The van der Waals surface area contributed by atoms with Crippen LogP contribution in [0.15, 0.2) is 0 Å². The Morgan fingerprint density at radius 1 is 1.22 bits per heavy atom. The molecule has 0 aromatic carbocycles. The van der Waals surface area contributed by atoms with Crippen molar-refractivity contribution in [3.63, 3.8) is 0 Å². The Bertz CT molecular complexity index is 859. The van der Waals surface area contributed by atoms with Crippen LogP contribution in [0.3, 0.4) is 0 Å². The first-order chi connectivity index (χ1) is 12.7. The van der Waals surface area contributed by atoms with Crippen LogP contribution in [0.5, 0.6) is 0 Å². The van der Waals surface area contributed by atoms with E-state index in [1.807, 2.05) is 0 Å². The van der Waals surface area contributed by atoms with E-state index in [1.54, 1.807) is 11.6 Å². The van der Waals surface area contributed by atoms with Crippen molar-refractivity contribution < 1.29 is 18.0 Å². The predicted octanol–water partition coefficient (Wildman–Crippen LogP) is 3.41. The summed E-state index contributed by atoms with van der Waals surface area (Å²) in [5.41, 5.74) is 0.476. The Labute approximate surface area is 163 Å². The molecule has 1 N–H and O–H groups in total. The Balaban J connectivity index is 1.54. The van der Waals surface area contributed by atoms with E-state index >= 15 is 0 Å². The lowest BCUT2D eigenvalue weighted by Crippen LogP contribution is -2.30. The van der Waals surface area contributed by atoms with Gasteiger partial charge in [0.05, 0.1) is 5.69 Å². The number of rotatable bonds is 6. The molecule has 2 aromatic heterocycles. The zero-order chi connectivity index (χ0) is 19.8. The average molecular weight is 424 g/mol. The number of alkyl halides is 3. The number of carbonyl (C=O) groups excluding carboxylic acids is 1. The van der Waals surface area contributed by atoms with E-state index in [0.717, 1.165) is 0 Å². The molecule has 148 valence electrons. The highest BCUT2D eigenvalue weighted by Crippen LogP contribution is 2.36. The van der Waals surface area contributed by atoms with Gasteiger partial charge < -0.3 is 5.32 Å². The second-order valence-electron chi connectivity index (χ2n) is 6.40. The minimum atomic E-state index is -4.50. The smallest absolute Gasteiger partial charge is 0.354 e. The van der Waals surface area contributed by atoms with E-state index in [2.05, 4.69) is 15.5 Å². The average Bonchev–Trinajstić information content (AvgIpc) is 3.24. The molecule has 1 aliphatic rings. The normalized spacial score (nSPS) is 13.9. The fourth-order valence-corrected chi connectivity index (χ4v) is 3.59. The number of amides is 1. The quantitative estimate of drug-likeness (QED) is 0.723. The molecule has 0 spiro atoms. The molecule has 0 atom stereocenters. The van der Waals surface area contributed by atoms with Gasteiger partial charge >= 0.3 is 6.18 Å². The Kier molecular flexibility index (Phi) is 5.71. The van der Waals surface area contributed by atoms with Gasteiger partial charge in [0.1, 0.15) is 16.7 Å². The van der Waals surface area contributed by atoms with Gasteiger partial charge in [-0.1, -0.05) is 23.2 Å². The maximum absolute atomic E-state index is 13.1. The molecule has 0 unspecified atom stereocenters. The van der Waals surface area contributed by atoms with Gasteiger partial charge in [-0.15, -0.1) is 0 Å². The molecule has 0 aliphatic heterocycles. The third-order valence-electron chi connectivity index (χ3n) is 4.43. The van der Waals surface area contributed by atoms with Gasteiger partial charge in [0.25, 0.3) is 0 Å². The molecule has 11 heteroatoms. The van der Waals surface area contributed by atoms with Gasteiger partial charge in [0.15, 0.2) is 5.69 Å². The number of aromatic nitrogens is 4. The molecule has 6 nitrogen and oxygen atoms in total. The van der Waals surface area contributed by atoms with Crippen molar-refractivity contribution in [3.8, 4) is 0 Å². The molecule has 27 heavy (non-hydrogen) atoms. The molecule has 0 bridgehead atoms. The van der Waals surface area contributed by atoms with Crippen LogP contribution in [0.25, 0.3) is 0 Å². The molecule has 1 aliphatic carbocycles. The summed E-state index contributed by atoms with van der Waals surface area (Å²) >= 11 is 12.0. The number of nitrogens with one attached hydrogen (secondary N) is 1. The van der Waals surface area contributed by atoms with Crippen LogP contribution in [-0.2, 0) is 36.9 Å². The molecule has 1 amide bonds. The number of fused-ring (bicyclic) bond motifs is 1. The molecular weight excluding hydrogens is 406 g/mol. The Morgan fingerprint density at radius 2 is 1.96 bits per heavy atom. The van der Waals surface area contributed by atoms with Crippen molar-refractivity contribution in [2.24, 2.45) is 0 Å². The van der Waals surface area contributed by atoms with E-state index in [0.29, 0.717) is 60.3 Å². The number of hydrogen-bond donors (Lipinski definition) is 1. The lowest BCUT2D eigenvalue weighted by Gasteiger charge is -2.08. The standard InChI is InChI=1S/C16H18Cl2F3N5O/c1-9-13(17)15(18)25(23-9)7-3-6-22-12(27)8-26-11-5-2-4-10(11)14(24-26)16(19,20)21/h2-8H2,1H3,(H,22,27). The van der Waals surface area contributed by atoms with Crippen molar-refractivity contribution in [1.29, 1.82) is 0 Å². The highest BCUT2D eigenvalue weighted by molar-refractivity contribution is 6.41. The third kappa shape index (κ3) is 4.24. The van der Waals surface area contributed by atoms with Crippen molar-refractivity contribution in [3.05, 3.63) is 32.8 Å². The second kappa shape index (κ2) is 7.71. The first-order valence-electron chi connectivity index (χ1n) is 8.49. The largest absolute Gasteiger partial charge is 0.435 e. The maximum atomic E-state index is 13.1. The number of hydrogen-bond acceptors (Lipinski definition) is 3. The molecule has 2 aromatic rings. The monoisotopic (exact) mass is 423 g/mol. The first kappa shape index (κ1) is 20.0. The summed E-state index contributed by atoms with van der Waals surface area (Å²) in [7, 11) is 0. The van der Waals surface area contributed by atoms with Gasteiger partial charge in [-0.05, 0) is 32.6 Å². The molecule has 0 saturated carbocycles. The van der Waals surface area contributed by atoms with Gasteiger partial charge in [-0.2, -0.15) is 23.4 Å². The summed E-state index contributed by atoms with van der Waals surface area (Å²) in [5, 5.41) is 11.2. The van der Waals surface area contributed by atoms with Crippen molar-refractivity contribution in [1.82, 2.24) is 24.9 Å². The highest BCUT2D eigenvalue weighted by Gasteiger charge is 2.40. The van der Waals surface area contributed by atoms with Gasteiger partial charge in [0.2, 0.25) is 5.91 Å². The van der Waals surface area contributed by atoms with E-state index in [9.17, 15) is 18.0 Å². The van der Waals surface area contributed by atoms with Crippen LogP contribution in [0.1, 0.15) is 35.5 Å². The first-order valence-corrected chi connectivity index (χ1v) is 9.25. The summed E-state index contributed by atoms with van der Waals surface area (Å²) in [6.07, 6.45) is -2.46. The summed E-state index contributed by atoms with van der Waals surface area (Å²) < 4.78 is 41.9. The maximum Gasteiger partial charge on any atom is 0.435 e. The van der Waals surface area contributed by atoms with Gasteiger partial charge in [-0.25, -0.2) is 0 Å². The molecule has 3 rings (SSSR count). The topological polar surface area (TPSA) is 64.7 Å². The van der Waals surface area contributed by atoms with Crippen LogP contribution in [0.2, 0.25) is 10.2 Å². The van der Waals surface area contributed by atoms with Gasteiger partial charge in [0, 0.05) is 24.3 Å². The molecule has 0 saturated heterocycles. The fourth-order valence-electron chi connectivity index (χ4n) is 3.20. The van der Waals surface area contributed by atoms with Crippen LogP contribution in [0.4, 0.5) is 13.2 Å². The van der Waals surface area contributed by atoms with Crippen molar-refractivity contribution >= 4 is 29.1 Å². The van der Waals surface area contributed by atoms with Crippen LogP contribution in [-0.4, -0.2) is 32.0 Å². The third-order valence-corrected chi connectivity index (χ3v) is 5.37. The zero-order valence-corrected chi connectivity index (χ0v) is 16.0. The lowest BCUT2D eigenvalue weighted by molar-refractivity contribution is -0.142. The van der Waals surface area contributed by atoms with E-state index in [1.165, 1.54) is 4.68 Å². The number of aryl methyl sites for hydroxylation is 2. The second-order valence-corrected chi connectivity index (χ2v) is 7.14. The predicted molar refractivity (Wildman–Crippen MR) is 93.9 cm³/mol. The van der Waals surface area contributed by atoms with E-state index < -0.39 is 11.9 Å². The van der Waals surface area contributed by atoms with Crippen LogP contribution < -0.4 is 5.32 Å². The highest BCUT2D eigenvalue weighted by atomic mass is 35.5. The summed E-state index contributed by atoms with van der Waals surface area (Å²) in [6.45, 7) is 2.30. The number of carbonyl (C=O) groups is 1. The SMILES string of the molecule is Cc1nn(CCCNC(=O)Cn2nc(C(F)(F)F)c3c2CCC3)c(Cl)c1Cl. The van der Waals surface area contributed by atoms with Crippen LogP contribution in [0, 0.1) is 6.92 Å². The Hall–Kier alpha value is -1.74. The number of nitrogens with zero attached hydrogens (tertiary/aromatic N) is 4. The molecule has 2 heterocycles. The van der Waals surface area contributed by atoms with Crippen molar-refractivity contribution in [2.75, 3.05) is 6.54 Å². The molecule has 0 radical (unpaired) electrons. The summed E-state index contributed by atoms with van der Waals surface area (Å²) in [4.78, 5) is 12.1. The van der Waals surface area contributed by atoms with E-state index in [-0.39, 0.29) is 18.0 Å². The molecule has 0 fully saturated rings. The van der Waals surface area contributed by atoms with Crippen LogP contribution >= 0.6 is 23.2 Å². The number of halogens is 5. The minimum absolute atomic E-state index is 0.218. The Morgan fingerprint density at radius 3 is 2.59 bits per heavy atom. The fraction of sp³-hybridized carbons (Fsp3) is 0.562. The van der Waals surface area contributed by atoms with Gasteiger partial charge in [-0.3, -0.25) is 14.2 Å².